The quantitative estimate of drug-likeness (QED) is 0.249. The van der Waals surface area contributed by atoms with Crippen LogP contribution in [0.2, 0.25) is 0 Å². The predicted octanol–water partition coefficient (Wildman–Crippen LogP) is 8.23. The molecular weight excluding hydrogens is 614 g/mol. The monoisotopic (exact) mass is 681 g/mol. The van der Waals surface area contributed by atoms with Gasteiger partial charge in [-0.2, -0.15) is 0 Å². The van der Waals surface area contributed by atoms with E-state index in [0.29, 0.717) is 30.7 Å². The molecular formula is C42H67NO6. The number of Topliss-reactive ketones (excluding diaryl/α,β-unsaturated/α-hetero) is 1. The smallest absolute Gasteiger partial charge is 0.309 e. The molecule has 0 aromatic rings. The van der Waals surface area contributed by atoms with Crippen LogP contribution in [0.25, 0.3) is 0 Å². The van der Waals surface area contributed by atoms with Gasteiger partial charge in [0.25, 0.3) is 0 Å². The second-order valence-corrected chi connectivity index (χ2v) is 19.9. The van der Waals surface area contributed by atoms with Crippen LogP contribution >= 0.6 is 0 Å². The second kappa shape index (κ2) is 12.5. The molecule has 1 heterocycles. The molecule has 276 valence electrons. The summed E-state index contributed by atoms with van der Waals surface area (Å²) in [6.45, 7) is 22.6. The first-order chi connectivity index (χ1) is 22.7. The predicted molar refractivity (Wildman–Crippen MR) is 192 cm³/mol. The number of carbonyl (C=O) groups is 3. The zero-order valence-corrected chi connectivity index (χ0v) is 32.3. The first-order valence-corrected chi connectivity index (χ1v) is 19.9. The van der Waals surface area contributed by atoms with Gasteiger partial charge < -0.3 is 19.8 Å². The molecule has 49 heavy (non-hydrogen) atoms. The third-order valence-electron chi connectivity index (χ3n) is 16.4. The van der Waals surface area contributed by atoms with Crippen LogP contribution < -0.4 is 0 Å². The number of hydrogen-bond acceptors (Lipinski definition) is 6. The minimum Gasteiger partial charge on any atom is -0.481 e. The molecule has 4 saturated carbocycles. The van der Waals surface area contributed by atoms with Crippen molar-refractivity contribution in [3.05, 3.63) is 11.1 Å². The number of aliphatic carboxylic acids is 1. The zero-order valence-electron chi connectivity index (χ0n) is 32.3. The molecule has 6 rings (SSSR count). The van der Waals surface area contributed by atoms with Crippen molar-refractivity contribution in [1.82, 2.24) is 4.90 Å². The number of hydrogen-bond donors (Lipinski definition) is 2. The van der Waals surface area contributed by atoms with Gasteiger partial charge in [0.15, 0.2) is 5.78 Å². The van der Waals surface area contributed by atoms with Crippen molar-refractivity contribution in [2.75, 3.05) is 19.6 Å². The second-order valence-electron chi connectivity index (χ2n) is 19.9. The Hall–Kier alpha value is -1.73. The van der Waals surface area contributed by atoms with Gasteiger partial charge in [0, 0.05) is 23.8 Å². The summed E-state index contributed by atoms with van der Waals surface area (Å²) in [4.78, 5) is 41.3. The number of allylic oxidation sites excluding steroid dienone is 1. The molecule has 7 heteroatoms. The number of ketones is 1. The fraction of sp³-hybridized carbons (Fsp3) is 0.881. The van der Waals surface area contributed by atoms with Gasteiger partial charge in [0.2, 0.25) is 0 Å². The molecule has 5 fully saturated rings. The van der Waals surface area contributed by atoms with Crippen LogP contribution in [0, 0.1) is 56.2 Å². The fourth-order valence-corrected chi connectivity index (χ4v) is 13.5. The number of aliphatic hydroxyl groups is 1. The molecule has 0 unspecified atom stereocenters. The molecule has 0 radical (unpaired) electrons. The van der Waals surface area contributed by atoms with E-state index in [-0.39, 0.29) is 45.9 Å². The third-order valence-corrected chi connectivity index (χ3v) is 16.4. The summed E-state index contributed by atoms with van der Waals surface area (Å²) in [7, 11) is 0. The summed E-state index contributed by atoms with van der Waals surface area (Å²) in [5, 5.41) is 21.8. The van der Waals surface area contributed by atoms with Crippen molar-refractivity contribution in [3.8, 4) is 0 Å². The lowest BCUT2D eigenvalue weighted by Crippen LogP contribution is -2.66. The van der Waals surface area contributed by atoms with Crippen LogP contribution in [0.3, 0.4) is 0 Å². The molecule has 1 saturated heterocycles. The number of β-amino-alcohol motifs (C(OH)–C–C–N with tert-alkyl or cyclic N) is 1. The molecule has 0 bridgehead atoms. The first kappa shape index (κ1) is 37.0. The van der Waals surface area contributed by atoms with Crippen LogP contribution in [0.1, 0.15) is 146 Å². The van der Waals surface area contributed by atoms with Crippen molar-refractivity contribution < 1.29 is 29.3 Å². The summed E-state index contributed by atoms with van der Waals surface area (Å²) in [5.41, 5.74) is 0.828. The van der Waals surface area contributed by atoms with E-state index in [1.807, 2.05) is 0 Å². The number of piperidine rings is 1. The molecule has 5 aliphatic carbocycles. The lowest BCUT2D eigenvalue weighted by Gasteiger charge is -2.72. The van der Waals surface area contributed by atoms with Crippen LogP contribution in [-0.2, 0) is 19.1 Å². The normalized spacial score (nSPS) is 41.4. The minimum atomic E-state index is -1.15. The van der Waals surface area contributed by atoms with Gasteiger partial charge in [-0.3, -0.25) is 14.4 Å². The highest BCUT2D eigenvalue weighted by molar-refractivity contribution is 6.00. The van der Waals surface area contributed by atoms with Crippen LogP contribution in [-0.4, -0.2) is 64.7 Å². The van der Waals surface area contributed by atoms with E-state index in [4.69, 9.17) is 4.74 Å². The van der Waals surface area contributed by atoms with E-state index in [1.54, 1.807) is 13.8 Å². The van der Waals surface area contributed by atoms with Crippen LogP contribution in [0.15, 0.2) is 11.1 Å². The van der Waals surface area contributed by atoms with Crippen molar-refractivity contribution in [2.45, 2.75) is 158 Å². The molecule has 0 amide bonds. The number of esters is 1. The van der Waals surface area contributed by atoms with Crippen LogP contribution in [0.5, 0.6) is 0 Å². The highest BCUT2D eigenvalue weighted by Crippen LogP contribution is 2.77. The third kappa shape index (κ3) is 5.60. The van der Waals surface area contributed by atoms with Gasteiger partial charge in [-0.05, 0) is 137 Å². The molecule has 2 N–H and O–H groups in total. The van der Waals surface area contributed by atoms with E-state index in [1.165, 1.54) is 24.8 Å². The number of nitrogens with zero attached hydrogens (tertiary/aromatic N) is 1. The van der Waals surface area contributed by atoms with Gasteiger partial charge in [0.1, 0.15) is 6.10 Å². The molecule has 7 nitrogen and oxygen atoms in total. The Morgan fingerprint density at radius 2 is 1.57 bits per heavy atom. The molecule has 6 aliphatic rings. The Balaban J connectivity index is 1.29. The average Bonchev–Trinajstić information content (AvgIpc) is 3.32. The first-order valence-electron chi connectivity index (χ1n) is 19.9. The Morgan fingerprint density at radius 1 is 0.898 bits per heavy atom. The zero-order chi connectivity index (χ0) is 35.9. The van der Waals surface area contributed by atoms with E-state index in [2.05, 4.69) is 53.4 Å². The van der Waals surface area contributed by atoms with Crippen molar-refractivity contribution in [3.63, 3.8) is 0 Å². The number of ether oxygens (including phenoxy) is 1. The van der Waals surface area contributed by atoms with E-state index in [9.17, 15) is 24.6 Å². The average molecular weight is 682 g/mol. The van der Waals surface area contributed by atoms with E-state index in [0.717, 1.165) is 70.0 Å². The maximum absolute atomic E-state index is 14.0. The van der Waals surface area contributed by atoms with Gasteiger partial charge >= 0.3 is 11.9 Å². The van der Waals surface area contributed by atoms with Crippen molar-refractivity contribution in [2.24, 2.45) is 56.2 Å². The Kier molecular flexibility index (Phi) is 9.41. The van der Waals surface area contributed by atoms with Gasteiger partial charge in [-0.25, -0.2) is 0 Å². The summed E-state index contributed by atoms with van der Waals surface area (Å²) in [6.07, 6.45) is 11.4. The number of carbonyl (C=O) groups excluding carboxylic acids is 2. The largest absolute Gasteiger partial charge is 0.481 e. The van der Waals surface area contributed by atoms with Gasteiger partial charge in [-0.1, -0.05) is 60.5 Å². The number of carboxylic acids is 1. The number of carboxylic acid groups (broad SMARTS) is 1. The standard InChI is InChI=1S/C42H67NO6/c1-26(2)34-28(44)23-42(31(45)25-43-21-11-10-12-22-43)20-19-40(8)27(35(34)42)13-14-30-39(7)17-16-32(49-33(46)24-37(3,4)36(47)48)38(5,6)29(39)15-18-41(30,40)9/h26-27,29-32,45H,10-25H2,1-9H3,(H,47,48)/t27-,29+,30-,31-,32+,39+,40-,41-,42+/m1/s1. The lowest BCUT2D eigenvalue weighted by molar-refractivity contribution is -0.235. The van der Waals surface area contributed by atoms with Gasteiger partial charge in [0.05, 0.1) is 17.9 Å². The summed E-state index contributed by atoms with van der Waals surface area (Å²) < 4.78 is 6.17. The minimum absolute atomic E-state index is 0.0359. The lowest BCUT2D eigenvalue weighted by atomic mass is 9.33. The number of aliphatic hydroxyl groups excluding tert-OH is 1. The number of likely N-dealkylation sites (tertiary alicyclic amines) is 1. The maximum Gasteiger partial charge on any atom is 0.309 e. The summed E-state index contributed by atoms with van der Waals surface area (Å²) >= 11 is 0. The Morgan fingerprint density at radius 3 is 2.20 bits per heavy atom. The van der Waals surface area contributed by atoms with E-state index < -0.39 is 28.9 Å². The Bertz CT molecular complexity index is 1370. The highest BCUT2D eigenvalue weighted by atomic mass is 16.5. The molecule has 0 aromatic heterocycles. The maximum atomic E-state index is 14.0. The SMILES string of the molecule is CC(C)C1=C2[C@H]3CC[C@@H]4[C@@]5(C)CC[C@H](OC(=O)CC(C)(C)C(=O)O)C(C)(C)[C@@H]5CC[C@@]4(C)[C@]3(C)CC[C@@]2([C@H](O)CN2CCCCC2)CC1=O. The van der Waals surface area contributed by atoms with E-state index >= 15 is 0 Å². The number of rotatable bonds is 8. The van der Waals surface area contributed by atoms with Gasteiger partial charge in [-0.15, -0.1) is 0 Å². The highest BCUT2D eigenvalue weighted by Gasteiger charge is 2.70. The number of fused-ring (bicyclic) bond motifs is 7. The fourth-order valence-electron chi connectivity index (χ4n) is 13.5. The Labute approximate surface area is 296 Å². The van der Waals surface area contributed by atoms with Crippen molar-refractivity contribution >= 4 is 17.7 Å². The summed E-state index contributed by atoms with van der Waals surface area (Å²) in [5.74, 6) is 0.286. The van der Waals surface area contributed by atoms with Crippen LogP contribution in [0.4, 0.5) is 0 Å². The molecule has 0 aromatic carbocycles. The van der Waals surface area contributed by atoms with Crippen molar-refractivity contribution in [1.29, 1.82) is 0 Å². The topological polar surface area (TPSA) is 104 Å². The molecule has 1 aliphatic heterocycles. The molecule has 9 atom stereocenters. The summed E-state index contributed by atoms with van der Waals surface area (Å²) in [6, 6.07) is 0. The molecule has 0 spiro atoms.